The number of nitrogens with one attached hydrogen (secondary N) is 2. The Labute approximate surface area is 165 Å². The second kappa shape index (κ2) is 7.74. The van der Waals surface area contributed by atoms with E-state index in [4.69, 9.17) is 21.1 Å². The molecule has 0 radical (unpaired) electrons. The quantitative estimate of drug-likeness (QED) is 0.648. The third-order valence-electron chi connectivity index (χ3n) is 4.18. The molecule has 2 N–H and O–H groups in total. The molecule has 4 rings (SSSR count). The van der Waals surface area contributed by atoms with Crippen molar-refractivity contribution in [2.24, 2.45) is 0 Å². The molecule has 2 amide bonds. The van der Waals surface area contributed by atoms with Crippen LogP contribution < -0.4 is 20.3 Å². The SMILES string of the molecule is O=C(NNC(=O)c1ccc2ccccc2n1)c1cc(Cl)c2c(c1)OCCCO2. The van der Waals surface area contributed by atoms with Crippen LogP contribution in [0.4, 0.5) is 0 Å². The Bertz CT molecular complexity index is 1070. The van der Waals surface area contributed by atoms with E-state index in [1.165, 1.54) is 12.1 Å². The number of fused-ring (bicyclic) bond motifs is 2. The molecule has 0 atom stereocenters. The Morgan fingerprint density at radius 2 is 1.75 bits per heavy atom. The lowest BCUT2D eigenvalue weighted by atomic mass is 10.2. The number of hydrogen-bond acceptors (Lipinski definition) is 5. The maximum atomic E-state index is 12.4. The van der Waals surface area contributed by atoms with Crippen LogP contribution in [0.1, 0.15) is 27.3 Å². The molecule has 0 aliphatic carbocycles. The van der Waals surface area contributed by atoms with Crippen LogP contribution in [0.15, 0.2) is 48.5 Å². The standard InChI is InChI=1S/C20H16ClN3O4/c21-14-10-13(11-17-18(14)28-9-3-8-27-17)19(25)23-24-20(26)16-7-6-12-4-1-2-5-15(12)22-16/h1-2,4-7,10-11H,3,8-9H2,(H,23,25)(H,24,26). The van der Waals surface area contributed by atoms with Gasteiger partial charge in [-0.15, -0.1) is 0 Å². The van der Waals surface area contributed by atoms with Gasteiger partial charge in [0, 0.05) is 17.4 Å². The summed E-state index contributed by atoms with van der Waals surface area (Å²) in [5.41, 5.74) is 5.84. The summed E-state index contributed by atoms with van der Waals surface area (Å²) >= 11 is 6.20. The second-order valence-electron chi connectivity index (χ2n) is 6.13. The van der Waals surface area contributed by atoms with Crippen molar-refractivity contribution in [1.82, 2.24) is 15.8 Å². The van der Waals surface area contributed by atoms with Crippen LogP contribution in [0.2, 0.25) is 5.02 Å². The number of ether oxygens (including phenoxy) is 2. The van der Waals surface area contributed by atoms with Crippen molar-refractivity contribution in [2.45, 2.75) is 6.42 Å². The molecule has 0 saturated heterocycles. The number of carbonyl (C=O) groups excluding carboxylic acids is 2. The topological polar surface area (TPSA) is 89.6 Å². The van der Waals surface area contributed by atoms with Crippen LogP contribution in [-0.2, 0) is 0 Å². The van der Waals surface area contributed by atoms with Gasteiger partial charge in [0.2, 0.25) is 0 Å². The fraction of sp³-hybridized carbons (Fsp3) is 0.150. The Kier molecular flexibility index (Phi) is 4.99. The van der Waals surface area contributed by atoms with E-state index in [9.17, 15) is 9.59 Å². The lowest BCUT2D eigenvalue weighted by Gasteiger charge is -2.12. The molecule has 0 saturated carbocycles. The van der Waals surface area contributed by atoms with Gasteiger partial charge in [-0.3, -0.25) is 20.4 Å². The van der Waals surface area contributed by atoms with Crippen LogP contribution >= 0.6 is 11.6 Å². The number of nitrogens with zero attached hydrogens (tertiary/aromatic N) is 1. The first-order valence-corrected chi connectivity index (χ1v) is 9.05. The first kappa shape index (κ1) is 18.1. The number of hydrazine groups is 1. The highest BCUT2D eigenvalue weighted by Gasteiger charge is 2.19. The number of hydrogen-bond donors (Lipinski definition) is 2. The summed E-state index contributed by atoms with van der Waals surface area (Å²) in [5, 5.41) is 1.19. The minimum Gasteiger partial charge on any atom is -0.489 e. The number of rotatable bonds is 2. The van der Waals surface area contributed by atoms with Crippen molar-refractivity contribution in [3.05, 3.63) is 64.8 Å². The predicted molar refractivity (Wildman–Crippen MR) is 104 cm³/mol. The fourth-order valence-electron chi connectivity index (χ4n) is 2.80. The van der Waals surface area contributed by atoms with Gasteiger partial charge in [-0.2, -0.15) is 0 Å². The van der Waals surface area contributed by atoms with E-state index in [0.717, 1.165) is 11.8 Å². The van der Waals surface area contributed by atoms with Gasteiger partial charge in [0.25, 0.3) is 11.8 Å². The summed E-state index contributed by atoms with van der Waals surface area (Å²) in [6.07, 6.45) is 0.724. The first-order valence-electron chi connectivity index (χ1n) is 8.67. The maximum absolute atomic E-state index is 12.4. The zero-order valence-corrected chi connectivity index (χ0v) is 15.5. The van der Waals surface area contributed by atoms with Crippen LogP contribution in [-0.4, -0.2) is 30.0 Å². The summed E-state index contributed by atoms with van der Waals surface area (Å²) in [7, 11) is 0. The molecular formula is C20H16ClN3O4. The van der Waals surface area contributed by atoms with Crippen molar-refractivity contribution in [1.29, 1.82) is 0 Å². The summed E-state index contributed by atoms with van der Waals surface area (Å²) in [5.74, 6) is -0.246. The van der Waals surface area contributed by atoms with Gasteiger partial charge in [0.05, 0.1) is 23.8 Å². The van der Waals surface area contributed by atoms with Crippen LogP contribution in [0.5, 0.6) is 11.5 Å². The Balaban J connectivity index is 1.47. The fourth-order valence-corrected chi connectivity index (χ4v) is 3.07. The Hall–Kier alpha value is -3.32. The summed E-state index contributed by atoms with van der Waals surface area (Å²) in [6, 6.07) is 13.8. The van der Waals surface area contributed by atoms with E-state index in [2.05, 4.69) is 15.8 Å². The number of para-hydroxylation sites is 1. The van der Waals surface area contributed by atoms with Gasteiger partial charge in [-0.1, -0.05) is 35.9 Å². The molecule has 2 heterocycles. The van der Waals surface area contributed by atoms with Gasteiger partial charge in [0.1, 0.15) is 5.69 Å². The molecule has 1 aromatic heterocycles. The molecular weight excluding hydrogens is 382 g/mol. The molecule has 2 aromatic carbocycles. The maximum Gasteiger partial charge on any atom is 0.288 e. The number of carbonyl (C=O) groups is 2. The second-order valence-corrected chi connectivity index (χ2v) is 6.54. The van der Waals surface area contributed by atoms with Crippen molar-refractivity contribution in [3.63, 3.8) is 0 Å². The summed E-state index contributed by atoms with van der Waals surface area (Å²) in [4.78, 5) is 29.0. The van der Waals surface area contributed by atoms with Gasteiger partial charge in [0.15, 0.2) is 11.5 Å². The van der Waals surface area contributed by atoms with Gasteiger partial charge in [-0.25, -0.2) is 4.98 Å². The van der Waals surface area contributed by atoms with Gasteiger partial charge < -0.3 is 9.47 Å². The summed E-state index contributed by atoms with van der Waals surface area (Å²) < 4.78 is 11.1. The van der Waals surface area contributed by atoms with Crippen molar-refractivity contribution < 1.29 is 19.1 Å². The third kappa shape index (κ3) is 3.70. The van der Waals surface area contributed by atoms with Crippen LogP contribution in [0.3, 0.4) is 0 Å². The van der Waals surface area contributed by atoms with E-state index < -0.39 is 11.8 Å². The molecule has 3 aromatic rings. The number of amides is 2. The Morgan fingerprint density at radius 3 is 2.64 bits per heavy atom. The number of benzene rings is 2. The highest BCUT2D eigenvalue weighted by atomic mass is 35.5. The van der Waals surface area contributed by atoms with Crippen molar-refractivity contribution >= 4 is 34.3 Å². The molecule has 8 heteroatoms. The van der Waals surface area contributed by atoms with E-state index >= 15 is 0 Å². The molecule has 28 heavy (non-hydrogen) atoms. The third-order valence-corrected chi connectivity index (χ3v) is 4.47. The van der Waals surface area contributed by atoms with Crippen molar-refractivity contribution in [2.75, 3.05) is 13.2 Å². The largest absolute Gasteiger partial charge is 0.489 e. The van der Waals surface area contributed by atoms with Gasteiger partial charge in [-0.05, 0) is 24.3 Å². The zero-order chi connectivity index (χ0) is 19.5. The molecule has 0 bridgehead atoms. The minimum absolute atomic E-state index is 0.190. The van der Waals surface area contributed by atoms with Gasteiger partial charge >= 0.3 is 0 Å². The zero-order valence-electron chi connectivity index (χ0n) is 14.7. The molecule has 142 valence electrons. The van der Waals surface area contributed by atoms with E-state index in [1.54, 1.807) is 12.1 Å². The normalized spacial score (nSPS) is 12.9. The number of pyridine rings is 1. The van der Waals surface area contributed by atoms with Crippen LogP contribution in [0.25, 0.3) is 10.9 Å². The monoisotopic (exact) mass is 397 g/mol. The molecule has 1 aliphatic heterocycles. The highest BCUT2D eigenvalue weighted by Crippen LogP contribution is 2.37. The van der Waals surface area contributed by atoms with E-state index in [-0.39, 0.29) is 16.3 Å². The molecule has 1 aliphatic rings. The first-order chi connectivity index (χ1) is 13.6. The molecule has 7 nitrogen and oxygen atoms in total. The molecule has 0 spiro atoms. The lowest BCUT2D eigenvalue weighted by Crippen LogP contribution is -2.42. The Morgan fingerprint density at radius 1 is 0.964 bits per heavy atom. The smallest absolute Gasteiger partial charge is 0.288 e. The highest BCUT2D eigenvalue weighted by molar-refractivity contribution is 6.32. The summed E-state index contributed by atoms with van der Waals surface area (Å²) in [6.45, 7) is 0.964. The average Bonchev–Trinajstić information content (AvgIpc) is 2.97. The lowest BCUT2D eigenvalue weighted by molar-refractivity contribution is 0.0844. The van der Waals surface area contributed by atoms with E-state index in [1.807, 2.05) is 24.3 Å². The molecule has 0 unspecified atom stereocenters. The minimum atomic E-state index is -0.535. The number of halogens is 1. The molecule has 0 fully saturated rings. The average molecular weight is 398 g/mol. The van der Waals surface area contributed by atoms with Crippen molar-refractivity contribution in [3.8, 4) is 11.5 Å². The van der Waals surface area contributed by atoms with Crippen LogP contribution in [0, 0.1) is 0 Å². The number of aromatic nitrogens is 1. The predicted octanol–water partition coefficient (Wildman–Crippen LogP) is 3.12. The van der Waals surface area contributed by atoms with E-state index in [0.29, 0.717) is 30.2 Å².